The van der Waals surface area contributed by atoms with Gasteiger partial charge in [-0.15, -0.1) is 0 Å². The van der Waals surface area contributed by atoms with Gasteiger partial charge in [0.25, 0.3) is 0 Å². The molecule has 0 aliphatic carbocycles. The molecule has 74 valence electrons. The lowest BCUT2D eigenvalue weighted by atomic mass is 10.1. The normalized spacial score (nSPS) is 12.4. The maximum Gasteiger partial charge on any atom is 0.230 e. The first-order valence-electron chi connectivity index (χ1n) is 4.59. The van der Waals surface area contributed by atoms with E-state index in [0.717, 1.165) is 5.69 Å². The Morgan fingerprint density at radius 2 is 2.13 bits per heavy atom. The van der Waals surface area contributed by atoms with E-state index in [4.69, 9.17) is 0 Å². The molecule has 0 aromatic carbocycles. The number of aromatic nitrogens is 2. The predicted molar refractivity (Wildman–Crippen MR) is 48.9 cm³/mol. The fourth-order valence-electron chi connectivity index (χ4n) is 1.95. The lowest BCUT2D eigenvalue weighted by Crippen LogP contribution is -2.31. The van der Waals surface area contributed by atoms with Crippen LogP contribution in [-0.2, 0) is 6.54 Å². The largest absolute Gasteiger partial charge is 0.230 e. The van der Waals surface area contributed by atoms with Crippen LogP contribution in [0.3, 0.4) is 0 Å². The fraction of sp³-hybridized carbons (Fsp3) is 0.0909. The van der Waals surface area contributed by atoms with Crippen molar-refractivity contribution in [2.75, 3.05) is 0 Å². The van der Waals surface area contributed by atoms with Crippen molar-refractivity contribution >= 4 is 0 Å². The Bertz CT molecular complexity index is 552. The third kappa shape index (κ3) is 1.14. The van der Waals surface area contributed by atoms with Crippen molar-refractivity contribution in [3.63, 3.8) is 0 Å². The van der Waals surface area contributed by atoms with Crippen molar-refractivity contribution < 1.29 is 13.3 Å². The van der Waals surface area contributed by atoms with E-state index in [1.165, 1.54) is 6.07 Å². The van der Waals surface area contributed by atoms with Crippen LogP contribution in [-0.4, -0.2) is 4.98 Å². The van der Waals surface area contributed by atoms with E-state index in [9.17, 15) is 8.78 Å². The molecule has 0 fully saturated rings. The number of pyridine rings is 2. The van der Waals surface area contributed by atoms with E-state index >= 15 is 0 Å². The van der Waals surface area contributed by atoms with Crippen molar-refractivity contribution in [1.82, 2.24) is 4.98 Å². The molecule has 3 rings (SSSR count). The van der Waals surface area contributed by atoms with Crippen LogP contribution in [0.5, 0.6) is 0 Å². The molecular formula is C11H7F2N2+. The summed E-state index contributed by atoms with van der Waals surface area (Å²) in [4.78, 5) is 3.20. The summed E-state index contributed by atoms with van der Waals surface area (Å²) in [5, 5.41) is 0. The summed E-state index contributed by atoms with van der Waals surface area (Å²) < 4.78 is 28.2. The van der Waals surface area contributed by atoms with Crippen molar-refractivity contribution in [2.45, 2.75) is 6.54 Å². The number of halogens is 2. The van der Waals surface area contributed by atoms with Crippen LogP contribution >= 0.6 is 0 Å². The second kappa shape index (κ2) is 2.82. The van der Waals surface area contributed by atoms with Crippen LogP contribution in [0.1, 0.15) is 5.56 Å². The summed E-state index contributed by atoms with van der Waals surface area (Å²) in [6.07, 6.45) is 1.84. The fourth-order valence-corrected chi connectivity index (χ4v) is 1.95. The van der Waals surface area contributed by atoms with Gasteiger partial charge < -0.3 is 0 Å². The van der Waals surface area contributed by atoms with Gasteiger partial charge in [0.2, 0.25) is 17.6 Å². The van der Waals surface area contributed by atoms with E-state index in [2.05, 4.69) is 4.98 Å². The van der Waals surface area contributed by atoms with Crippen molar-refractivity contribution in [3.8, 4) is 11.3 Å². The second-order valence-electron chi connectivity index (χ2n) is 3.48. The van der Waals surface area contributed by atoms with Gasteiger partial charge in [0, 0.05) is 23.8 Å². The van der Waals surface area contributed by atoms with Gasteiger partial charge in [-0.05, 0) is 6.07 Å². The predicted octanol–water partition coefficient (Wildman–Crippen LogP) is 1.68. The Kier molecular flexibility index (Phi) is 1.59. The van der Waals surface area contributed by atoms with E-state index in [1.807, 2.05) is 22.9 Å². The molecule has 3 heterocycles. The van der Waals surface area contributed by atoms with Gasteiger partial charge in [-0.1, -0.05) is 0 Å². The molecule has 2 aromatic heterocycles. The first kappa shape index (κ1) is 8.47. The molecule has 2 aromatic rings. The molecule has 15 heavy (non-hydrogen) atoms. The molecule has 0 unspecified atom stereocenters. The number of hydrogen-bond acceptors (Lipinski definition) is 1. The van der Waals surface area contributed by atoms with Crippen LogP contribution < -0.4 is 4.57 Å². The Balaban J connectivity index is 2.33. The first-order valence-corrected chi connectivity index (χ1v) is 4.59. The number of fused-ring (bicyclic) bond motifs is 3. The van der Waals surface area contributed by atoms with E-state index in [0.29, 0.717) is 17.7 Å². The molecule has 1 aliphatic rings. The molecule has 4 heteroatoms. The van der Waals surface area contributed by atoms with Crippen LogP contribution in [0.25, 0.3) is 11.3 Å². The summed E-state index contributed by atoms with van der Waals surface area (Å²) in [7, 11) is 0. The summed E-state index contributed by atoms with van der Waals surface area (Å²) in [5.41, 5.74) is 1.81. The second-order valence-corrected chi connectivity index (χ2v) is 3.48. The molecule has 1 aliphatic heterocycles. The third-order valence-electron chi connectivity index (χ3n) is 2.56. The molecule has 0 N–H and O–H groups in total. The molecule has 2 nitrogen and oxygen atoms in total. The Morgan fingerprint density at radius 1 is 1.27 bits per heavy atom. The average molecular weight is 205 g/mol. The van der Waals surface area contributed by atoms with E-state index in [1.54, 1.807) is 6.07 Å². The molecular weight excluding hydrogens is 198 g/mol. The van der Waals surface area contributed by atoms with Gasteiger partial charge in [0.15, 0.2) is 12.7 Å². The molecule has 0 bridgehead atoms. The smallest absolute Gasteiger partial charge is 0.194 e. The molecule has 0 saturated carbocycles. The quantitative estimate of drug-likeness (QED) is 0.403. The molecule has 0 spiro atoms. The zero-order valence-electron chi connectivity index (χ0n) is 7.74. The Labute approximate surface area is 84.8 Å². The van der Waals surface area contributed by atoms with Gasteiger partial charge >= 0.3 is 0 Å². The van der Waals surface area contributed by atoms with E-state index < -0.39 is 11.9 Å². The Morgan fingerprint density at radius 3 is 3.00 bits per heavy atom. The van der Waals surface area contributed by atoms with Crippen LogP contribution in [0, 0.1) is 11.9 Å². The monoisotopic (exact) mass is 205 g/mol. The van der Waals surface area contributed by atoms with Gasteiger partial charge in [0.1, 0.15) is 5.56 Å². The lowest BCUT2D eigenvalue weighted by Gasteiger charge is -1.95. The van der Waals surface area contributed by atoms with Gasteiger partial charge in [0.05, 0.1) is 0 Å². The highest BCUT2D eigenvalue weighted by Crippen LogP contribution is 2.28. The first-order chi connectivity index (χ1) is 7.25. The number of hydrogen-bond donors (Lipinski definition) is 0. The highest BCUT2D eigenvalue weighted by Gasteiger charge is 2.30. The van der Waals surface area contributed by atoms with Crippen LogP contribution in [0.4, 0.5) is 8.78 Å². The SMILES string of the molecule is Fc1cc2c(c(F)n1)-c1cccc[n+]1C2. The molecule has 0 amide bonds. The van der Waals surface area contributed by atoms with Crippen molar-refractivity contribution in [2.24, 2.45) is 0 Å². The minimum absolute atomic E-state index is 0.414. The number of nitrogens with zero attached hydrogens (tertiary/aromatic N) is 2. The summed E-state index contributed by atoms with van der Waals surface area (Å²) in [6.45, 7) is 0.502. The van der Waals surface area contributed by atoms with Crippen LogP contribution in [0.15, 0.2) is 30.5 Å². The van der Waals surface area contributed by atoms with Gasteiger partial charge in [-0.25, -0.2) is 0 Å². The maximum absolute atomic E-state index is 13.5. The molecule has 0 saturated heterocycles. The number of rotatable bonds is 0. The van der Waals surface area contributed by atoms with Crippen LogP contribution in [0.2, 0.25) is 0 Å². The third-order valence-corrected chi connectivity index (χ3v) is 2.56. The topological polar surface area (TPSA) is 16.8 Å². The highest BCUT2D eigenvalue weighted by atomic mass is 19.1. The summed E-state index contributed by atoms with van der Waals surface area (Å²) in [5.74, 6) is -1.50. The Hall–Kier alpha value is -1.84. The molecule has 0 atom stereocenters. The standard InChI is InChI=1S/C11H7F2N2/c12-9-5-7-6-15-4-2-1-3-8(15)10(7)11(13)14-9/h1-5H,6H2/q+1. The summed E-state index contributed by atoms with van der Waals surface area (Å²) >= 11 is 0. The minimum atomic E-state index is -0.764. The zero-order valence-corrected chi connectivity index (χ0v) is 7.74. The minimum Gasteiger partial charge on any atom is -0.194 e. The van der Waals surface area contributed by atoms with E-state index in [-0.39, 0.29) is 0 Å². The zero-order chi connectivity index (χ0) is 10.4. The van der Waals surface area contributed by atoms with Crippen molar-refractivity contribution in [3.05, 3.63) is 47.9 Å². The highest BCUT2D eigenvalue weighted by molar-refractivity contribution is 5.62. The maximum atomic E-state index is 13.5. The molecule has 0 radical (unpaired) electrons. The lowest BCUT2D eigenvalue weighted by molar-refractivity contribution is -0.672. The summed E-state index contributed by atoms with van der Waals surface area (Å²) in [6, 6.07) is 6.76. The van der Waals surface area contributed by atoms with Gasteiger partial charge in [-0.3, -0.25) is 0 Å². The van der Waals surface area contributed by atoms with Crippen molar-refractivity contribution in [1.29, 1.82) is 0 Å². The van der Waals surface area contributed by atoms with Gasteiger partial charge in [-0.2, -0.15) is 18.3 Å². The average Bonchev–Trinajstić information content (AvgIpc) is 2.54.